The molecule has 0 spiro atoms. The molecule has 0 bridgehead atoms. The van der Waals surface area contributed by atoms with Gasteiger partial charge in [-0.05, 0) is 44.4 Å². The fourth-order valence-electron chi connectivity index (χ4n) is 3.60. The van der Waals surface area contributed by atoms with E-state index < -0.39 is 23.8 Å². The van der Waals surface area contributed by atoms with Crippen LogP contribution in [0.5, 0.6) is 5.75 Å². The molecule has 4 N–H and O–H groups in total. The Balaban J connectivity index is 1.60. The zero-order valence-corrected chi connectivity index (χ0v) is 20.8. The molecular weight excluding hydrogens is 478 g/mol. The van der Waals surface area contributed by atoms with Crippen molar-refractivity contribution in [3.05, 3.63) is 71.1 Å². The molecule has 0 saturated carbocycles. The maximum Gasteiger partial charge on any atom is 0.330 e. The zero-order chi connectivity index (χ0) is 26.8. The fraction of sp³-hybridized carbons (Fsp3) is 0.320. The van der Waals surface area contributed by atoms with Crippen LogP contribution in [-0.4, -0.2) is 69.1 Å². The highest BCUT2D eigenvalue weighted by molar-refractivity contribution is 5.99. The lowest BCUT2D eigenvalue weighted by Crippen LogP contribution is -2.49. The third-order valence-corrected chi connectivity index (χ3v) is 5.39. The number of rotatable bonds is 11. The number of ether oxygens (including phenoxy) is 1. The number of carbonyl (C=O) groups is 3. The van der Waals surface area contributed by atoms with Crippen molar-refractivity contribution in [1.29, 1.82) is 0 Å². The van der Waals surface area contributed by atoms with Crippen LogP contribution in [0.3, 0.4) is 0 Å². The Morgan fingerprint density at radius 3 is 2.49 bits per heavy atom. The molecule has 37 heavy (non-hydrogen) atoms. The minimum atomic E-state index is -1.15. The summed E-state index contributed by atoms with van der Waals surface area (Å²) in [6, 6.07) is 5.95. The molecule has 0 aliphatic carbocycles. The number of benzene rings is 1. The maximum absolute atomic E-state index is 13.0. The summed E-state index contributed by atoms with van der Waals surface area (Å²) in [5.41, 5.74) is 2.16. The first kappa shape index (κ1) is 27.0. The maximum atomic E-state index is 13.0. The highest BCUT2D eigenvalue weighted by atomic mass is 16.5. The van der Waals surface area contributed by atoms with Gasteiger partial charge in [0.2, 0.25) is 5.95 Å². The molecule has 0 saturated heterocycles. The number of methoxy groups -OCH3 is 1. The van der Waals surface area contributed by atoms with E-state index in [1.807, 2.05) is 6.07 Å². The van der Waals surface area contributed by atoms with Crippen molar-refractivity contribution in [2.45, 2.75) is 32.7 Å². The number of anilines is 1. The Morgan fingerprint density at radius 2 is 1.84 bits per heavy atom. The second kappa shape index (κ2) is 12.9. The Kier molecular flexibility index (Phi) is 9.41. The van der Waals surface area contributed by atoms with Crippen molar-refractivity contribution >= 4 is 23.7 Å². The normalized spacial score (nSPS) is 11.3. The molecule has 1 aromatic carbocycles. The summed E-state index contributed by atoms with van der Waals surface area (Å²) >= 11 is 0. The largest absolute Gasteiger partial charge is 0.508 e. The third-order valence-electron chi connectivity index (χ3n) is 5.39. The second-order valence-electron chi connectivity index (χ2n) is 8.14. The fourth-order valence-corrected chi connectivity index (χ4v) is 3.60. The van der Waals surface area contributed by atoms with E-state index in [2.05, 4.69) is 35.9 Å². The summed E-state index contributed by atoms with van der Waals surface area (Å²) in [6.07, 6.45) is 5.64. The Hall–Kier alpha value is -4.61. The van der Waals surface area contributed by atoms with Gasteiger partial charge in [-0.2, -0.15) is 0 Å². The predicted molar refractivity (Wildman–Crippen MR) is 134 cm³/mol. The number of hydrogen-bond acceptors (Lipinski definition) is 10. The van der Waals surface area contributed by atoms with Gasteiger partial charge >= 0.3 is 5.97 Å². The summed E-state index contributed by atoms with van der Waals surface area (Å²) < 4.78 is 4.77. The van der Waals surface area contributed by atoms with Gasteiger partial charge in [0, 0.05) is 25.5 Å². The van der Waals surface area contributed by atoms with Gasteiger partial charge in [-0.3, -0.25) is 14.6 Å². The molecule has 0 aliphatic rings. The van der Waals surface area contributed by atoms with Crippen LogP contribution >= 0.6 is 0 Å². The number of amides is 2. The number of nitrogens with one attached hydrogen (secondary N) is 3. The minimum Gasteiger partial charge on any atom is -0.508 e. The summed E-state index contributed by atoms with van der Waals surface area (Å²) in [5, 5.41) is 17.8. The van der Waals surface area contributed by atoms with E-state index in [9.17, 15) is 19.5 Å². The van der Waals surface area contributed by atoms with Crippen LogP contribution in [0.4, 0.5) is 5.95 Å². The van der Waals surface area contributed by atoms with E-state index in [0.717, 1.165) is 18.4 Å². The smallest absolute Gasteiger partial charge is 0.330 e. The van der Waals surface area contributed by atoms with Gasteiger partial charge in [0.25, 0.3) is 11.8 Å². The minimum absolute atomic E-state index is 0.0718. The number of aryl methyl sites for hydroxylation is 3. The molecule has 0 radical (unpaired) electrons. The average Bonchev–Trinajstić information content (AvgIpc) is 2.88. The van der Waals surface area contributed by atoms with Crippen LogP contribution in [0, 0.1) is 13.8 Å². The van der Waals surface area contributed by atoms with Crippen LogP contribution in [0.15, 0.2) is 42.9 Å². The van der Waals surface area contributed by atoms with E-state index in [4.69, 9.17) is 4.74 Å². The molecule has 3 rings (SSSR count). The second-order valence-corrected chi connectivity index (χ2v) is 8.14. The lowest BCUT2D eigenvalue weighted by atomic mass is 10.1. The Morgan fingerprint density at radius 1 is 1.08 bits per heavy atom. The highest BCUT2D eigenvalue weighted by Gasteiger charge is 2.26. The number of phenolic OH excluding ortho intramolecular Hbond substituents is 1. The number of aromatic hydroxyl groups is 1. The molecule has 2 amide bonds. The molecule has 3 aromatic rings. The number of hydrogen-bond donors (Lipinski definition) is 4. The SMILES string of the molecule is COC(=O)[C@H](CNC(=O)c1cnccn1)NC(=O)c1c(C)nc(NCCCc2cccc(O)c2)nc1C. The van der Waals surface area contributed by atoms with Crippen LogP contribution in [-0.2, 0) is 16.0 Å². The first-order valence-corrected chi connectivity index (χ1v) is 11.6. The quantitative estimate of drug-likeness (QED) is 0.219. The predicted octanol–water partition coefficient (Wildman–Crippen LogP) is 1.34. The molecule has 2 aromatic heterocycles. The lowest BCUT2D eigenvalue weighted by Gasteiger charge is -2.18. The number of aromatic nitrogens is 4. The summed E-state index contributed by atoms with van der Waals surface area (Å²) in [7, 11) is 1.19. The molecule has 0 fully saturated rings. The monoisotopic (exact) mass is 507 g/mol. The summed E-state index contributed by atoms with van der Waals surface area (Å²) in [5.74, 6) is -1.24. The van der Waals surface area contributed by atoms with Crippen LogP contribution in [0.1, 0.15) is 44.2 Å². The topological polar surface area (TPSA) is 168 Å². The Bertz CT molecular complexity index is 1230. The van der Waals surface area contributed by atoms with Gasteiger partial charge in [0.15, 0.2) is 0 Å². The number of carbonyl (C=O) groups excluding carboxylic acids is 3. The Labute approximate surface area is 213 Å². The molecule has 194 valence electrons. The summed E-state index contributed by atoms with van der Waals surface area (Å²) in [4.78, 5) is 54.0. The van der Waals surface area contributed by atoms with E-state index in [1.165, 1.54) is 25.7 Å². The molecule has 0 unspecified atom stereocenters. The van der Waals surface area contributed by atoms with Crippen molar-refractivity contribution in [2.75, 3.05) is 25.5 Å². The van der Waals surface area contributed by atoms with E-state index in [0.29, 0.717) is 23.9 Å². The van der Waals surface area contributed by atoms with E-state index in [1.54, 1.807) is 32.0 Å². The van der Waals surface area contributed by atoms with Gasteiger partial charge in [-0.25, -0.2) is 19.7 Å². The van der Waals surface area contributed by atoms with Crippen molar-refractivity contribution in [2.24, 2.45) is 0 Å². The first-order valence-electron chi connectivity index (χ1n) is 11.6. The molecule has 12 heteroatoms. The highest BCUT2D eigenvalue weighted by Crippen LogP contribution is 2.15. The first-order chi connectivity index (χ1) is 17.8. The number of nitrogens with zero attached hydrogens (tertiary/aromatic N) is 4. The van der Waals surface area contributed by atoms with Crippen LogP contribution < -0.4 is 16.0 Å². The van der Waals surface area contributed by atoms with Gasteiger partial charge in [-0.1, -0.05) is 12.1 Å². The van der Waals surface area contributed by atoms with E-state index >= 15 is 0 Å². The standard InChI is InChI=1S/C25H29N7O5/c1-15-21(16(2)31-25(30-15)28-9-5-7-17-6-4-8-18(33)12-17)23(35)32-20(24(36)37-3)14-29-22(34)19-13-26-10-11-27-19/h4,6,8,10-13,20,33H,5,7,9,14H2,1-3H3,(H,29,34)(H,32,35)(H,28,30,31)/t20-/m0/s1. The molecular formula is C25H29N7O5. The molecule has 0 aliphatic heterocycles. The van der Waals surface area contributed by atoms with Crippen molar-refractivity contribution in [1.82, 2.24) is 30.6 Å². The van der Waals surface area contributed by atoms with Gasteiger partial charge in [0.1, 0.15) is 17.5 Å². The van der Waals surface area contributed by atoms with E-state index in [-0.39, 0.29) is 23.6 Å². The third kappa shape index (κ3) is 7.69. The molecule has 12 nitrogen and oxygen atoms in total. The molecule has 2 heterocycles. The summed E-state index contributed by atoms with van der Waals surface area (Å²) in [6.45, 7) is 3.72. The van der Waals surface area contributed by atoms with Gasteiger partial charge in [0.05, 0.1) is 30.3 Å². The van der Waals surface area contributed by atoms with Crippen LogP contribution in [0.2, 0.25) is 0 Å². The van der Waals surface area contributed by atoms with Crippen molar-refractivity contribution in [3.63, 3.8) is 0 Å². The average molecular weight is 508 g/mol. The number of phenols is 1. The van der Waals surface area contributed by atoms with Crippen molar-refractivity contribution < 1.29 is 24.2 Å². The van der Waals surface area contributed by atoms with Crippen molar-refractivity contribution in [3.8, 4) is 5.75 Å². The zero-order valence-electron chi connectivity index (χ0n) is 20.8. The molecule has 1 atom stereocenters. The van der Waals surface area contributed by atoms with Gasteiger partial charge < -0.3 is 25.8 Å². The number of esters is 1. The van der Waals surface area contributed by atoms with Crippen LogP contribution in [0.25, 0.3) is 0 Å². The lowest BCUT2D eigenvalue weighted by molar-refractivity contribution is -0.142. The van der Waals surface area contributed by atoms with Gasteiger partial charge in [-0.15, -0.1) is 0 Å².